The molecule has 0 spiro atoms. The summed E-state index contributed by atoms with van der Waals surface area (Å²) in [7, 11) is 0. The van der Waals surface area contributed by atoms with Crippen LogP contribution in [0.3, 0.4) is 0 Å². The SMILES string of the molecule is CCc1ccc(C(O)c2cc(Br)ccc2I)cc1CC. The number of hydrogen-bond acceptors (Lipinski definition) is 1. The highest BCUT2D eigenvalue weighted by molar-refractivity contribution is 14.1. The summed E-state index contributed by atoms with van der Waals surface area (Å²) in [6.07, 6.45) is 1.46. The highest BCUT2D eigenvalue weighted by atomic mass is 127. The Kier molecular flexibility index (Phi) is 5.64. The van der Waals surface area contributed by atoms with Gasteiger partial charge in [-0.1, -0.05) is 48.0 Å². The third-order valence-corrected chi connectivity index (χ3v) is 5.04. The molecule has 0 heterocycles. The Hall–Kier alpha value is -0.390. The van der Waals surface area contributed by atoms with Crippen molar-refractivity contribution < 1.29 is 5.11 Å². The summed E-state index contributed by atoms with van der Waals surface area (Å²) in [4.78, 5) is 0. The number of aryl methyl sites for hydroxylation is 2. The van der Waals surface area contributed by atoms with Gasteiger partial charge in [0.25, 0.3) is 0 Å². The number of benzene rings is 2. The second-order valence-corrected chi connectivity index (χ2v) is 6.88. The Morgan fingerprint density at radius 3 is 2.40 bits per heavy atom. The van der Waals surface area contributed by atoms with Crippen molar-refractivity contribution in [3.05, 3.63) is 66.7 Å². The highest BCUT2D eigenvalue weighted by Crippen LogP contribution is 2.30. The van der Waals surface area contributed by atoms with E-state index in [9.17, 15) is 5.11 Å². The molecule has 0 saturated carbocycles. The van der Waals surface area contributed by atoms with E-state index in [2.05, 4.69) is 64.5 Å². The molecule has 0 aliphatic rings. The minimum Gasteiger partial charge on any atom is -0.384 e. The summed E-state index contributed by atoms with van der Waals surface area (Å²) in [6.45, 7) is 4.33. The lowest BCUT2D eigenvalue weighted by molar-refractivity contribution is 0.219. The van der Waals surface area contributed by atoms with Crippen molar-refractivity contribution in [2.24, 2.45) is 0 Å². The van der Waals surface area contributed by atoms with E-state index in [0.29, 0.717) is 0 Å². The molecule has 0 fully saturated rings. The van der Waals surface area contributed by atoms with Crippen LogP contribution >= 0.6 is 38.5 Å². The Balaban J connectivity index is 2.42. The second-order valence-electron chi connectivity index (χ2n) is 4.80. The fourth-order valence-corrected chi connectivity index (χ4v) is 3.40. The zero-order valence-corrected chi connectivity index (χ0v) is 15.4. The molecule has 0 radical (unpaired) electrons. The molecule has 1 atom stereocenters. The standard InChI is InChI=1S/C17H18BrIO/c1-3-11-5-6-13(9-12(11)4-2)17(20)15-10-14(18)7-8-16(15)19/h5-10,17,20H,3-4H2,1-2H3. The van der Waals surface area contributed by atoms with Crippen molar-refractivity contribution in [2.75, 3.05) is 0 Å². The van der Waals surface area contributed by atoms with E-state index < -0.39 is 6.10 Å². The summed E-state index contributed by atoms with van der Waals surface area (Å²) < 4.78 is 2.07. The largest absolute Gasteiger partial charge is 0.384 e. The molecule has 3 heteroatoms. The molecule has 2 rings (SSSR count). The van der Waals surface area contributed by atoms with Crippen LogP contribution < -0.4 is 0 Å². The van der Waals surface area contributed by atoms with Crippen molar-refractivity contribution in [3.63, 3.8) is 0 Å². The van der Waals surface area contributed by atoms with Crippen LogP contribution in [0.25, 0.3) is 0 Å². The molecular weight excluding hydrogens is 427 g/mol. The van der Waals surface area contributed by atoms with Crippen LogP contribution in [0.15, 0.2) is 40.9 Å². The quantitative estimate of drug-likeness (QED) is 0.637. The van der Waals surface area contributed by atoms with Crippen molar-refractivity contribution in [1.82, 2.24) is 0 Å². The number of aliphatic hydroxyl groups is 1. The first-order chi connectivity index (χ1) is 9.56. The van der Waals surface area contributed by atoms with Crippen molar-refractivity contribution >= 4 is 38.5 Å². The molecule has 106 valence electrons. The van der Waals surface area contributed by atoms with Crippen molar-refractivity contribution in [3.8, 4) is 0 Å². The zero-order chi connectivity index (χ0) is 14.7. The molecule has 2 aromatic carbocycles. The van der Waals surface area contributed by atoms with E-state index in [1.165, 1.54) is 11.1 Å². The molecule has 1 nitrogen and oxygen atoms in total. The maximum Gasteiger partial charge on any atom is 0.105 e. The van der Waals surface area contributed by atoms with E-state index in [1.807, 2.05) is 24.3 Å². The van der Waals surface area contributed by atoms with Gasteiger partial charge < -0.3 is 5.11 Å². The van der Waals surface area contributed by atoms with E-state index in [-0.39, 0.29) is 0 Å². The molecule has 2 aromatic rings. The molecule has 1 unspecified atom stereocenters. The van der Waals surface area contributed by atoms with Crippen molar-refractivity contribution in [1.29, 1.82) is 0 Å². The average molecular weight is 445 g/mol. The maximum absolute atomic E-state index is 10.7. The maximum atomic E-state index is 10.7. The molecule has 0 amide bonds. The average Bonchev–Trinajstić information content (AvgIpc) is 2.48. The fraction of sp³-hybridized carbons (Fsp3) is 0.294. The van der Waals surface area contributed by atoms with Crippen LogP contribution in [0.5, 0.6) is 0 Å². The third kappa shape index (κ3) is 3.43. The molecule has 0 saturated heterocycles. The monoisotopic (exact) mass is 444 g/mol. The Bertz CT molecular complexity index is 610. The summed E-state index contributed by atoms with van der Waals surface area (Å²) in [5, 5.41) is 10.7. The number of halogens is 2. The lowest BCUT2D eigenvalue weighted by Crippen LogP contribution is -2.04. The van der Waals surface area contributed by atoms with E-state index in [1.54, 1.807) is 0 Å². The Labute approximate surface area is 142 Å². The van der Waals surface area contributed by atoms with Gasteiger partial charge >= 0.3 is 0 Å². The molecular formula is C17H18BrIO. The molecule has 0 aromatic heterocycles. The zero-order valence-electron chi connectivity index (χ0n) is 11.7. The van der Waals surface area contributed by atoms with Gasteiger partial charge in [-0.25, -0.2) is 0 Å². The fourth-order valence-electron chi connectivity index (χ4n) is 2.39. The molecule has 20 heavy (non-hydrogen) atoms. The number of hydrogen-bond donors (Lipinski definition) is 1. The minimum absolute atomic E-state index is 0.574. The summed E-state index contributed by atoms with van der Waals surface area (Å²) in [5.41, 5.74) is 4.61. The number of aliphatic hydroxyl groups excluding tert-OH is 1. The van der Waals surface area contributed by atoms with Gasteiger partial charge in [-0.05, 0) is 75.9 Å². The predicted molar refractivity (Wildman–Crippen MR) is 96.1 cm³/mol. The highest BCUT2D eigenvalue weighted by Gasteiger charge is 2.15. The first-order valence-electron chi connectivity index (χ1n) is 6.81. The van der Waals surface area contributed by atoms with Gasteiger partial charge in [0.2, 0.25) is 0 Å². The molecule has 0 bridgehead atoms. The number of rotatable bonds is 4. The van der Waals surface area contributed by atoms with E-state index >= 15 is 0 Å². The van der Waals surface area contributed by atoms with Gasteiger partial charge in [-0.15, -0.1) is 0 Å². The van der Waals surface area contributed by atoms with Crippen molar-refractivity contribution in [2.45, 2.75) is 32.8 Å². The Morgan fingerprint density at radius 2 is 1.75 bits per heavy atom. The lowest BCUT2D eigenvalue weighted by Gasteiger charge is -2.16. The van der Waals surface area contributed by atoms with Crippen LogP contribution in [0.1, 0.15) is 42.2 Å². The van der Waals surface area contributed by atoms with Crippen LogP contribution in [0, 0.1) is 3.57 Å². The van der Waals surface area contributed by atoms with Gasteiger partial charge in [-0.3, -0.25) is 0 Å². The van der Waals surface area contributed by atoms with Crippen LogP contribution in [0.4, 0.5) is 0 Å². The van der Waals surface area contributed by atoms with Gasteiger partial charge in [0.1, 0.15) is 6.10 Å². The van der Waals surface area contributed by atoms with Crippen LogP contribution in [-0.2, 0) is 12.8 Å². The predicted octanol–water partition coefficient (Wildman–Crippen LogP) is 5.26. The van der Waals surface area contributed by atoms with Gasteiger partial charge in [0, 0.05) is 8.04 Å². The van der Waals surface area contributed by atoms with Gasteiger partial charge in [0.05, 0.1) is 0 Å². The van der Waals surface area contributed by atoms with E-state index in [0.717, 1.165) is 32.0 Å². The topological polar surface area (TPSA) is 20.2 Å². The summed E-state index contributed by atoms with van der Waals surface area (Å²) in [6, 6.07) is 12.3. The molecule has 1 N–H and O–H groups in total. The van der Waals surface area contributed by atoms with Gasteiger partial charge in [-0.2, -0.15) is 0 Å². The summed E-state index contributed by atoms with van der Waals surface area (Å²) >= 11 is 5.74. The smallest absolute Gasteiger partial charge is 0.105 e. The molecule has 0 aliphatic carbocycles. The van der Waals surface area contributed by atoms with Crippen LogP contribution in [0.2, 0.25) is 0 Å². The Morgan fingerprint density at radius 1 is 1.05 bits per heavy atom. The third-order valence-electron chi connectivity index (χ3n) is 3.56. The van der Waals surface area contributed by atoms with Crippen LogP contribution in [-0.4, -0.2) is 5.11 Å². The van der Waals surface area contributed by atoms with Gasteiger partial charge in [0.15, 0.2) is 0 Å². The first-order valence-corrected chi connectivity index (χ1v) is 8.68. The first kappa shape index (κ1) is 16.0. The lowest BCUT2D eigenvalue weighted by atomic mass is 9.95. The summed E-state index contributed by atoms with van der Waals surface area (Å²) in [5.74, 6) is 0. The molecule has 0 aliphatic heterocycles. The normalized spacial score (nSPS) is 12.4. The second kappa shape index (κ2) is 7.05. The minimum atomic E-state index is -0.574. The van der Waals surface area contributed by atoms with E-state index in [4.69, 9.17) is 0 Å².